The Bertz CT molecular complexity index is 414. The highest BCUT2D eigenvalue weighted by Gasteiger charge is 2.18. The average Bonchev–Trinajstić information content (AvgIpc) is 2.88. The Morgan fingerprint density at radius 3 is 2.47 bits per heavy atom. The second kappa shape index (κ2) is 6.04. The van der Waals surface area contributed by atoms with Gasteiger partial charge in [-0.15, -0.1) is 0 Å². The molecule has 2 heterocycles. The molecular formula is C13H24N6. The van der Waals surface area contributed by atoms with Crippen molar-refractivity contribution in [1.29, 1.82) is 0 Å². The number of nitrogens with zero attached hydrogens (tertiary/aromatic N) is 4. The van der Waals surface area contributed by atoms with Crippen molar-refractivity contribution < 1.29 is 0 Å². The third-order valence-corrected chi connectivity index (χ3v) is 3.59. The Labute approximate surface area is 114 Å². The van der Waals surface area contributed by atoms with Crippen LogP contribution in [-0.2, 0) is 0 Å². The third kappa shape index (κ3) is 3.45. The van der Waals surface area contributed by atoms with Gasteiger partial charge in [0.05, 0.1) is 0 Å². The lowest BCUT2D eigenvalue weighted by atomic mass is 10.0. The van der Waals surface area contributed by atoms with Gasteiger partial charge in [0, 0.05) is 19.1 Å². The quantitative estimate of drug-likeness (QED) is 0.845. The normalized spacial score (nSPS) is 16.9. The molecule has 1 unspecified atom stereocenters. The fourth-order valence-electron chi connectivity index (χ4n) is 2.41. The number of nitrogen functional groups attached to an aromatic ring is 1. The average molecular weight is 264 g/mol. The van der Waals surface area contributed by atoms with E-state index in [0.717, 1.165) is 19.5 Å². The molecule has 2 rings (SSSR count). The van der Waals surface area contributed by atoms with Crippen LogP contribution < -0.4 is 16.0 Å². The molecule has 6 nitrogen and oxygen atoms in total. The fraction of sp³-hybridized carbons (Fsp3) is 0.769. The van der Waals surface area contributed by atoms with Crippen molar-refractivity contribution in [3.8, 4) is 0 Å². The van der Waals surface area contributed by atoms with Crippen molar-refractivity contribution in [1.82, 2.24) is 15.0 Å². The first kappa shape index (κ1) is 13.8. The van der Waals surface area contributed by atoms with Gasteiger partial charge in [-0.2, -0.15) is 15.0 Å². The third-order valence-electron chi connectivity index (χ3n) is 3.59. The van der Waals surface area contributed by atoms with Gasteiger partial charge < -0.3 is 16.0 Å². The molecule has 1 fully saturated rings. The van der Waals surface area contributed by atoms with Crippen molar-refractivity contribution in [2.75, 3.05) is 29.0 Å². The summed E-state index contributed by atoms with van der Waals surface area (Å²) in [6.07, 6.45) is 3.41. The molecule has 0 bridgehead atoms. The van der Waals surface area contributed by atoms with Crippen LogP contribution in [0.25, 0.3) is 0 Å². The van der Waals surface area contributed by atoms with Crippen LogP contribution in [0.1, 0.15) is 40.0 Å². The molecule has 19 heavy (non-hydrogen) atoms. The van der Waals surface area contributed by atoms with Gasteiger partial charge in [-0.3, -0.25) is 0 Å². The first-order valence-corrected chi connectivity index (χ1v) is 7.13. The van der Waals surface area contributed by atoms with Crippen LogP contribution in [0.5, 0.6) is 0 Å². The second-order valence-corrected chi connectivity index (χ2v) is 5.41. The van der Waals surface area contributed by atoms with Crippen LogP contribution in [0.3, 0.4) is 0 Å². The zero-order valence-corrected chi connectivity index (χ0v) is 12.1. The summed E-state index contributed by atoms with van der Waals surface area (Å²) in [6.45, 7) is 8.54. The SMILES string of the molecule is CCC(Nc1nc(N)nc(N2CCCC2)n1)C(C)C. The fourth-order valence-corrected chi connectivity index (χ4v) is 2.41. The molecular weight excluding hydrogens is 240 g/mol. The lowest BCUT2D eigenvalue weighted by Crippen LogP contribution is -2.27. The van der Waals surface area contributed by atoms with E-state index >= 15 is 0 Å². The van der Waals surface area contributed by atoms with Gasteiger partial charge >= 0.3 is 0 Å². The molecule has 0 radical (unpaired) electrons. The Balaban J connectivity index is 2.16. The molecule has 1 aromatic rings. The second-order valence-electron chi connectivity index (χ2n) is 5.41. The predicted octanol–water partition coefficient (Wildman–Crippen LogP) is 1.90. The van der Waals surface area contributed by atoms with E-state index in [1.54, 1.807) is 0 Å². The Morgan fingerprint density at radius 1 is 1.21 bits per heavy atom. The first-order chi connectivity index (χ1) is 9.10. The lowest BCUT2D eigenvalue weighted by Gasteiger charge is -2.22. The summed E-state index contributed by atoms with van der Waals surface area (Å²) >= 11 is 0. The number of rotatable bonds is 5. The van der Waals surface area contributed by atoms with Gasteiger partial charge in [0.2, 0.25) is 17.8 Å². The minimum absolute atomic E-state index is 0.290. The van der Waals surface area contributed by atoms with Crippen LogP contribution in [0.15, 0.2) is 0 Å². The van der Waals surface area contributed by atoms with Crippen LogP contribution in [0, 0.1) is 5.92 Å². The van der Waals surface area contributed by atoms with Crippen molar-refractivity contribution in [2.45, 2.75) is 46.1 Å². The van der Waals surface area contributed by atoms with E-state index in [1.807, 2.05) is 0 Å². The highest BCUT2D eigenvalue weighted by Crippen LogP contribution is 2.19. The summed E-state index contributed by atoms with van der Waals surface area (Å²) in [5, 5.41) is 3.36. The number of nitrogens with one attached hydrogen (secondary N) is 1. The lowest BCUT2D eigenvalue weighted by molar-refractivity contribution is 0.508. The first-order valence-electron chi connectivity index (χ1n) is 7.13. The zero-order chi connectivity index (χ0) is 13.8. The Hall–Kier alpha value is -1.59. The molecule has 1 aliphatic rings. The maximum absolute atomic E-state index is 5.79. The number of hydrogen-bond acceptors (Lipinski definition) is 6. The summed E-state index contributed by atoms with van der Waals surface area (Å²) < 4.78 is 0. The maximum Gasteiger partial charge on any atom is 0.231 e. The van der Waals surface area contributed by atoms with Gasteiger partial charge in [0.15, 0.2) is 0 Å². The van der Waals surface area contributed by atoms with Crippen LogP contribution in [0.4, 0.5) is 17.8 Å². The monoisotopic (exact) mass is 264 g/mol. The highest BCUT2D eigenvalue weighted by molar-refractivity contribution is 5.42. The Morgan fingerprint density at radius 2 is 1.89 bits per heavy atom. The molecule has 1 aliphatic heterocycles. The predicted molar refractivity (Wildman–Crippen MR) is 78.2 cm³/mol. The molecule has 0 spiro atoms. The van der Waals surface area contributed by atoms with Gasteiger partial charge in [-0.25, -0.2) is 0 Å². The minimum Gasteiger partial charge on any atom is -0.368 e. The summed E-state index contributed by atoms with van der Waals surface area (Å²) in [5.41, 5.74) is 5.79. The van der Waals surface area contributed by atoms with E-state index in [0.29, 0.717) is 23.9 Å². The van der Waals surface area contributed by atoms with E-state index < -0.39 is 0 Å². The molecule has 106 valence electrons. The molecule has 0 saturated carbocycles. The van der Waals surface area contributed by atoms with E-state index in [4.69, 9.17) is 5.73 Å². The summed E-state index contributed by atoms with van der Waals surface area (Å²) in [4.78, 5) is 15.1. The summed E-state index contributed by atoms with van der Waals surface area (Å²) in [6, 6.07) is 0.355. The number of hydrogen-bond donors (Lipinski definition) is 2. The minimum atomic E-state index is 0.290. The summed E-state index contributed by atoms with van der Waals surface area (Å²) in [7, 11) is 0. The van der Waals surface area contributed by atoms with Gasteiger partial charge in [0.1, 0.15) is 0 Å². The van der Waals surface area contributed by atoms with Gasteiger partial charge in [-0.05, 0) is 25.2 Å². The molecule has 1 aromatic heterocycles. The van der Waals surface area contributed by atoms with Crippen molar-refractivity contribution >= 4 is 17.8 Å². The number of nitrogens with two attached hydrogens (primary N) is 1. The van der Waals surface area contributed by atoms with Gasteiger partial charge in [0.25, 0.3) is 0 Å². The van der Waals surface area contributed by atoms with E-state index in [9.17, 15) is 0 Å². The van der Waals surface area contributed by atoms with E-state index in [1.165, 1.54) is 12.8 Å². The van der Waals surface area contributed by atoms with Crippen molar-refractivity contribution in [2.24, 2.45) is 5.92 Å². The molecule has 1 atom stereocenters. The maximum atomic E-state index is 5.79. The van der Waals surface area contributed by atoms with E-state index in [2.05, 4.69) is 45.9 Å². The molecule has 3 N–H and O–H groups in total. The zero-order valence-electron chi connectivity index (χ0n) is 12.1. The molecule has 0 aliphatic carbocycles. The number of aromatic nitrogens is 3. The van der Waals surface area contributed by atoms with Crippen molar-refractivity contribution in [3.63, 3.8) is 0 Å². The standard InChI is InChI=1S/C13H24N6/c1-4-10(9(2)3)15-12-16-11(14)17-13(18-12)19-7-5-6-8-19/h9-10H,4-8H2,1-3H3,(H3,14,15,16,17,18). The number of anilines is 3. The Kier molecular flexibility index (Phi) is 4.39. The van der Waals surface area contributed by atoms with Crippen LogP contribution >= 0.6 is 0 Å². The van der Waals surface area contributed by atoms with Crippen molar-refractivity contribution in [3.05, 3.63) is 0 Å². The van der Waals surface area contributed by atoms with Crippen LogP contribution in [0.2, 0.25) is 0 Å². The topological polar surface area (TPSA) is 80.0 Å². The highest BCUT2D eigenvalue weighted by atomic mass is 15.3. The smallest absolute Gasteiger partial charge is 0.231 e. The molecule has 0 aromatic carbocycles. The summed E-state index contributed by atoms with van der Waals surface area (Å²) in [5.74, 6) is 2.11. The molecule has 0 amide bonds. The molecule has 1 saturated heterocycles. The molecule has 6 heteroatoms. The van der Waals surface area contributed by atoms with E-state index in [-0.39, 0.29) is 5.95 Å². The largest absolute Gasteiger partial charge is 0.368 e. The van der Waals surface area contributed by atoms with Gasteiger partial charge in [-0.1, -0.05) is 20.8 Å². The van der Waals surface area contributed by atoms with Crippen LogP contribution in [-0.4, -0.2) is 34.1 Å².